The van der Waals surface area contributed by atoms with Crippen LogP contribution in [0, 0.1) is 18.3 Å². The number of nitrogens with zero attached hydrogens (tertiary/aromatic N) is 8. The van der Waals surface area contributed by atoms with Crippen molar-refractivity contribution in [1.29, 1.82) is 0 Å². The van der Waals surface area contributed by atoms with Crippen molar-refractivity contribution in [2.24, 2.45) is 11.3 Å². The first-order chi connectivity index (χ1) is 33.2. The Hall–Kier alpha value is -5.75. The summed E-state index contributed by atoms with van der Waals surface area (Å²) in [6, 6.07) is 16.5. The Bertz CT molecular complexity index is 2590. The third-order valence-corrected chi connectivity index (χ3v) is 16.1. The summed E-state index contributed by atoms with van der Waals surface area (Å²) < 4.78 is 2.07. The average Bonchev–Trinajstić information content (AvgIpc) is 4.13. The monoisotopic (exact) mass is 958 g/mol. The number of carbonyl (C=O) groups excluding carboxylic acids is 3. The van der Waals surface area contributed by atoms with Gasteiger partial charge in [0.1, 0.15) is 17.8 Å². The molecule has 4 fully saturated rings. The zero-order valence-electron chi connectivity index (χ0n) is 40.3. The van der Waals surface area contributed by atoms with Gasteiger partial charge in [0.2, 0.25) is 17.7 Å². The third kappa shape index (κ3) is 10.9. The first-order valence-electron chi connectivity index (χ1n) is 24.7. The largest absolute Gasteiger partial charge is 0.507 e. The normalized spacial score (nSPS) is 22.7. The number of benzene rings is 2. The Balaban J connectivity index is 0.719. The zero-order chi connectivity index (χ0) is 48.4. The predicted molar refractivity (Wildman–Crippen MR) is 267 cm³/mol. The minimum atomic E-state index is -0.846. The fraction of sp³-hybridized carbons (Fsp3) is 0.519. The highest BCUT2D eigenvalue weighted by Gasteiger charge is 2.45. The molecule has 4 aliphatic rings. The lowest BCUT2D eigenvalue weighted by Gasteiger charge is -2.45. The van der Waals surface area contributed by atoms with Crippen LogP contribution in [0.2, 0.25) is 0 Å². The van der Waals surface area contributed by atoms with Crippen LogP contribution in [0.15, 0.2) is 72.5 Å². The molecule has 3 atom stereocenters. The number of piperidine rings is 2. The number of nitrogens with one attached hydrogen (secondary N) is 2. The highest BCUT2D eigenvalue weighted by Crippen LogP contribution is 2.36. The lowest BCUT2D eigenvalue weighted by atomic mass is 9.82. The van der Waals surface area contributed by atoms with Crippen LogP contribution < -0.4 is 16.4 Å². The smallest absolute Gasteiger partial charge is 0.246 e. The maximum Gasteiger partial charge on any atom is 0.246 e. The number of aliphatic hydroxyl groups excluding tert-OH is 1. The van der Waals surface area contributed by atoms with E-state index in [0.717, 1.165) is 110 Å². The molecule has 3 amide bonds. The Morgan fingerprint density at radius 2 is 1.51 bits per heavy atom. The minimum absolute atomic E-state index is 0.0432. The lowest BCUT2D eigenvalue weighted by molar-refractivity contribution is -0.144. The van der Waals surface area contributed by atoms with Gasteiger partial charge in [-0.25, -0.2) is 4.98 Å². The second kappa shape index (κ2) is 20.7. The summed E-state index contributed by atoms with van der Waals surface area (Å²) in [7, 11) is 0. The molecule has 366 valence electrons. The van der Waals surface area contributed by atoms with Crippen molar-refractivity contribution in [2.75, 3.05) is 38.5 Å². The molecule has 69 heavy (non-hydrogen) atoms. The Morgan fingerprint density at radius 1 is 0.841 bits per heavy atom. The molecule has 0 radical (unpaired) electrons. The summed E-state index contributed by atoms with van der Waals surface area (Å²) in [5.41, 5.74) is 13.2. The summed E-state index contributed by atoms with van der Waals surface area (Å²) in [5.74, 6) is -0.480. The molecular formula is C52H67N11O5S. The van der Waals surface area contributed by atoms with E-state index in [1.807, 2.05) is 88.1 Å². The van der Waals surface area contributed by atoms with E-state index in [2.05, 4.69) is 40.3 Å². The van der Waals surface area contributed by atoms with Gasteiger partial charge in [-0.1, -0.05) is 57.2 Å². The molecule has 17 heteroatoms. The molecule has 16 nitrogen and oxygen atoms in total. The summed E-state index contributed by atoms with van der Waals surface area (Å²) in [5, 5.41) is 40.4. The minimum Gasteiger partial charge on any atom is -0.507 e. The number of amides is 3. The maximum atomic E-state index is 14.3. The number of hydrogen-bond acceptors (Lipinski definition) is 13. The average molecular weight is 958 g/mol. The second-order valence-electron chi connectivity index (χ2n) is 20.7. The van der Waals surface area contributed by atoms with E-state index in [4.69, 9.17) is 10.8 Å². The second-order valence-corrected chi connectivity index (χ2v) is 21.5. The number of carbonyl (C=O) groups is 3. The standard InChI is InChI=1S/C52H67N11O5S/c1-32-46(69-31-55-32)34-11-9-33(10-12-34)27-54-50(67)44-25-40(64)30-62(44)51(68)47(52(2,3)4)57-49(66)35-13-15-37(16-14-35)60-21-17-38(18-22-60)61-23-19-39(20-24-61)63-29-36(28-56-63)42-26-43(58-59-48(42)53)41-7-5-6-8-45(41)65/h5-12,26,28-29,31,35,37-40,44,47,64-65H,13-25,27,30H2,1-4H3,(H2,53,59)(H,54,67)(H,57,66)/t35-,37+,40-,44+,47-/m1/s1. The molecule has 0 bridgehead atoms. The number of thiazole rings is 1. The number of nitrogens with two attached hydrogens (primary N) is 1. The molecule has 3 aliphatic heterocycles. The molecule has 1 saturated carbocycles. The quantitative estimate of drug-likeness (QED) is 0.0949. The highest BCUT2D eigenvalue weighted by molar-refractivity contribution is 7.13. The summed E-state index contributed by atoms with van der Waals surface area (Å²) in [6.45, 7) is 12.3. The van der Waals surface area contributed by atoms with Crippen LogP contribution >= 0.6 is 11.3 Å². The molecule has 3 aromatic heterocycles. The zero-order valence-corrected chi connectivity index (χ0v) is 41.1. The number of aryl methyl sites for hydroxylation is 1. The van der Waals surface area contributed by atoms with Crippen molar-refractivity contribution >= 4 is 34.9 Å². The van der Waals surface area contributed by atoms with E-state index in [9.17, 15) is 24.6 Å². The Morgan fingerprint density at radius 3 is 2.16 bits per heavy atom. The number of aromatic nitrogens is 5. The van der Waals surface area contributed by atoms with Crippen LogP contribution in [0.25, 0.3) is 32.8 Å². The van der Waals surface area contributed by atoms with Crippen LogP contribution in [0.4, 0.5) is 5.82 Å². The van der Waals surface area contributed by atoms with Crippen LogP contribution in [-0.4, -0.2) is 131 Å². The molecule has 6 N–H and O–H groups in total. The van der Waals surface area contributed by atoms with E-state index in [1.54, 1.807) is 23.5 Å². The number of phenolic OH excluding ortho intramolecular Hbond substituents is 1. The van der Waals surface area contributed by atoms with Crippen molar-refractivity contribution in [2.45, 2.75) is 128 Å². The van der Waals surface area contributed by atoms with Crippen molar-refractivity contribution in [1.82, 2.24) is 50.3 Å². The van der Waals surface area contributed by atoms with Crippen LogP contribution in [0.3, 0.4) is 0 Å². The van der Waals surface area contributed by atoms with E-state index in [1.165, 1.54) is 4.90 Å². The maximum absolute atomic E-state index is 14.3. The van der Waals surface area contributed by atoms with Gasteiger partial charge in [-0.05, 0) is 106 Å². The number of aromatic hydroxyl groups is 1. The molecule has 2 aromatic carbocycles. The molecular weight excluding hydrogens is 891 g/mol. The first-order valence-corrected chi connectivity index (χ1v) is 25.6. The predicted octanol–water partition coefficient (Wildman–Crippen LogP) is 6.20. The van der Waals surface area contributed by atoms with Gasteiger partial charge >= 0.3 is 0 Å². The SMILES string of the molecule is Cc1ncsc1-c1ccc(CNC(=O)[C@@H]2C[C@@H](O)CN2C(=O)[C@@H](NC(=O)[C@H]2CC[C@@H](N3CCC(N4CCC(n5cc(-c6cc(-c7ccccc7O)nnc6N)cn5)CC4)CC3)CC2)C(C)(C)C)cc1. The molecule has 5 aromatic rings. The molecule has 0 unspecified atom stereocenters. The number of likely N-dealkylation sites (tertiary alicyclic amines) is 3. The number of phenols is 1. The molecule has 6 heterocycles. The summed E-state index contributed by atoms with van der Waals surface area (Å²) in [6.07, 6.45) is 10.9. The summed E-state index contributed by atoms with van der Waals surface area (Å²) >= 11 is 1.59. The number of aliphatic hydroxyl groups is 1. The molecule has 0 spiro atoms. The van der Waals surface area contributed by atoms with Crippen molar-refractivity contribution in [3.05, 3.63) is 83.8 Å². The van der Waals surface area contributed by atoms with Crippen LogP contribution in [-0.2, 0) is 20.9 Å². The van der Waals surface area contributed by atoms with Gasteiger partial charge in [-0.2, -0.15) is 5.10 Å². The third-order valence-electron chi connectivity index (χ3n) is 15.1. The van der Waals surface area contributed by atoms with E-state index >= 15 is 0 Å². The van der Waals surface area contributed by atoms with Crippen molar-refractivity contribution in [3.63, 3.8) is 0 Å². The fourth-order valence-electron chi connectivity index (χ4n) is 11.0. The fourth-order valence-corrected chi connectivity index (χ4v) is 11.8. The Labute approximate surface area is 408 Å². The molecule has 1 aliphatic carbocycles. The number of anilines is 1. The van der Waals surface area contributed by atoms with E-state index in [0.29, 0.717) is 41.7 Å². The van der Waals surface area contributed by atoms with Gasteiger partial charge in [0.05, 0.1) is 40.1 Å². The van der Waals surface area contributed by atoms with Gasteiger partial charge in [0, 0.05) is 73.5 Å². The first kappa shape index (κ1) is 48.3. The van der Waals surface area contributed by atoms with Crippen molar-refractivity contribution < 1.29 is 24.6 Å². The number of rotatable bonds is 12. The molecule has 9 rings (SSSR count). The van der Waals surface area contributed by atoms with Crippen molar-refractivity contribution in [3.8, 4) is 38.6 Å². The van der Waals surface area contributed by atoms with Gasteiger partial charge in [0.25, 0.3) is 0 Å². The molecule has 3 saturated heterocycles. The summed E-state index contributed by atoms with van der Waals surface area (Å²) in [4.78, 5) is 54.1. The van der Waals surface area contributed by atoms with Gasteiger partial charge < -0.3 is 41.3 Å². The van der Waals surface area contributed by atoms with Gasteiger partial charge in [-0.15, -0.1) is 21.5 Å². The highest BCUT2D eigenvalue weighted by atomic mass is 32.1. The lowest BCUT2D eigenvalue weighted by Crippen LogP contribution is -2.58. The van der Waals surface area contributed by atoms with Crippen LogP contribution in [0.1, 0.15) is 95.9 Å². The van der Waals surface area contributed by atoms with E-state index in [-0.39, 0.29) is 42.4 Å². The van der Waals surface area contributed by atoms with Gasteiger partial charge in [-0.3, -0.25) is 19.1 Å². The van der Waals surface area contributed by atoms with E-state index < -0.39 is 23.6 Å². The number of nitrogen functional groups attached to an aromatic ring is 1. The topological polar surface area (TPSA) is 208 Å². The number of hydrogen-bond donors (Lipinski definition) is 5. The Kier molecular flexibility index (Phi) is 14.5. The van der Waals surface area contributed by atoms with Crippen LogP contribution in [0.5, 0.6) is 5.75 Å². The number of β-amino-alcohol motifs (C(OH)–C–C–N with tert-alkyl or cyclic N) is 1. The van der Waals surface area contributed by atoms with Gasteiger partial charge in [0.15, 0.2) is 5.82 Å². The number of para-hydroxylation sites is 1.